The van der Waals surface area contributed by atoms with E-state index in [2.05, 4.69) is 5.32 Å². The van der Waals surface area contributed by atoms with Crippen LogP contribution in [0.15, 0.2) is 24.3 Å². The highest BCUT2D eigenvalue weighted by Crippen LogP contribution is 2.11. The fraction of sp³-hybridized carbons (Fsp3) is 0.333. The van der Waals surface area contributed by atoms with Gasteiger partial charge in [-0.1, -0.05) is 12.1 Å². The van der Waals surface area contributed by atoms with E-state index >= 15 is 0 Å². The van der Waals surface area contributed by atoms with Gasteiger partial charge in [0.2, 0.25) is 11.8 Å². The first-order valence-electron chi connectivity index (χ1n) is 5.24. The molecule has 0 spiro atoms. The number of ether oxygens (including phenoxy) is 1. The van der Waals surface area contributed by atoms with E-state index in [0.717, 1.165) is 11.3 Å². The molecule has 3 N–H and O–H groups in total. The number of carbonyl (C=O) groups excluding carboxylic acids is 2. The Morgan fingerprint density at radius 1 is 1.35 bits per heavy atom. The predicted octanol–water partition coefficient (Wildman–Crippen LogP) is 0.228. The third-order valence-electron chi connectivity index (χ3n) is 2.33. The molecule has 5 heteroatoms. The van der Waals surface area contributed by atoms with Gasteiger partial charge in [-0.3, -0.25) is 9.59 Å². The summed E-state index contributed by atoms with van der Waals surface area (Å²) in [6.45, 7) is 1.55. The van der Waals surface area contributed by atoms with E-state index in [0.29, 0.717) is 0 Å². The summed E-state index contributed by atoms with van der Waals surface area (Å²) in [5.41, 5.74) is 5.89. The number of nitrogens with one attached hydrogen (secondary N) is 1. The maximum Gasteiger partial charge on any atom is 0.239 e. The Labute approximate surface area is 99.9 Å². The number of benzene rings is 1. The van der Waals surface area contributed by atoms with Gasteiger partial charge in [0.1, 0.15) is 11.8 Å². The second kappa shape index (κ2) is 5.89. The Balaban J connectivity index is 2.53. The number of amides is 2. The Bertz CT molecular complexity index is 401. The third-order valence-corrected chi connectivity index (χ3v) is 2.33. The molecule has 0 aliphatic carbocycles. The standard InChI is InChI=1S/C12H16N2O3/c1-8(12(13)16)14-11(15)7-9-3-5-10(17-2)6-4-9/h3-6,8H,7H2,1-2H3,(H2,13,16)(H,14,15). The van der Waals surface area contributed by atoms with Gasteiger partial charge in [0.15, 0.2) is 0 Å². The Morgan fingerprint density at radius 2 is 1.94 bits per heavy atom. The summed E-state index contributed by atoms with van der Waals surface area (Å²) in [6.07, 6.45) is 0.210. The monoisotopic (exact) mass is 236 g/mol. The first-order valence-corrected chi connectivity index (χ1v) is 5.24. The van der Waals surface area contributed by atoms with Crippen LogP contribution in [0.3, 0.4) is 0 Å². The minimum absolute atomic E-state index is 0.210. The molecule has 0 bridgehead atoms. The normalized spacial score (nSPS) is 11.6. The van der Waals surface area contributed by atoms with Crippen molar-refractivity contribution < 1.29 is 14.3 Å². The third kappa shape index (κ3) is 4.14. The molecule has 0 aliphatic heterocycles. The average molecular weight is 236 g/mol. The molecule has 1 rings (SSSR count). The summed E-state index contributed by atoms with van der Waals surface area (Å²) in [5.74, 6) is -0.0470. The SMILES string of the molecule is COc1ccc(CC(=O)NC(C)C(N)=O)cc1. The van der Waals surface area contributed by atoms with Crippen molar-refractivity contribution in [3.8, 4) is 5.75 Å². The van der Waals surface area contributed by atoms with E-state index in [1.165, 1.54) is 0 Å². The van der Waals surface area contributed by atoms with Crippen LogP contribution in [0.4, 0.5) is 0 Å². The van der Waals surface area contributed by atoms with Crippen molar-refractivity contribution in [2.24, 2.45) is 5.73 Å². The van der Waals surface area contributed by atoms with Crippen molar-refractivity contribution in [3.05, 3.63) is 29.8 Å². The van der Waals surface area contributed by atoms with Gasteiger partial charge in [0.05, 0.1) is 13.5 Å². The summed E-state index contributed by atoms with van der Waals surface area (Å²) < 4.78 is 5.01. The molecule has 1 aromatic rings. The molecule has 0 fully saturated rings. The Kier molecular flexibility index (Phi) is 4.51. The van der Waals surface area contributed by atoms with E-state index in [-0.39, 0.29) is 12.3 Å². The lowest BCUT2D eigenvalue weighted by molar-refractivity contribution is -0.126. The molecule has 1 atom stereocenters. The van der Waals surface area contributed by atoms with E-state index in [9.17, 15) is 9.59 Å². The molecule has 2 amide bonds. The molecule has 1 unspecified atom stereocenters. The maximum atomic E-state index is 11.5. The molecule has 0 radical (unpaired) electrons. The van der Waals surface area contributed by atoms with Crippen LogP contribution < -0.4 is 15.8 Å². The van der Waals surface area contributed by atoms with E-state index in [4.69, 9.17) is 10.5 Å². The smallest absolute Gasteiger partial charge is 0.239 e. The van der Waals surface area contributed by atoms with Crippen molar-refractivity contribution in [2.45, 2.75) is 19.4 Å². The summed E-state index contributed by atoms with van der Waals surface area (Å²) in [5, 5.41) is 2.51. The first kappa shape index (κ1) is 13.0. The van der Waals surface area contributed by atoms with Gasteiger partial charge in [0.25, 0.3) is 0 Å². The number of methoxy groups -OCH3 is 1. The van der Waals surface area contributed by atoms with Crippen molar-refractivity contribution in [1.82, 2.24) is 5.32 Å². The first-order chi connectivity index (χ1) is 8.02. The number of nitrogens with two attached hydrogens (primary N) is 1. The lowest BCUT2D eigenvalue weighted by Crippen LogP contribution is -2.42. The second-order valence-corrected chi connectivity index (χ2v) is 3.72. The van der Waals surface area contributed by atoms with Gasteiger partial charge in [-0.25, -0.2) is 0 Å². The molecule has 92 valence electrons. The highest BCUT2D eigenvalue weighted by molar-refractivity contribution is 5.87. The molecule has 0 saturated heterocycles. The Hall–Kier alpha value is -2.04. The van der Waals surface area contributed by atoms with Crippen molar-refractivity contribution in [3.63, 3.8) is 0 Å². The largest absolute Gasteiger partial charge is 0.497 e. The predicted molar refractivity (Wildman–Crippen MR) is 63.5 cm³/mol. The fourth-order valence-electron chi connectivity index (χ4n) is 1.29. The second-order valence-electron chi connectivity index (χ2n) is 3.72. The molecular formula is C12H16N2O3. The lowest BCUT2D eigenvalue weighted by Gasteiger charge is -2.10. The van der Waals surface area contributed by atoms with Crippen LogP contribution in [0.5, 0.6) is 5.75 Å². The van der Waals surface area contributed by atoms with E-state index in [1.54, 1.807) is 38.3 Å². The van der Waals surface area contributed by atoms with Crippen LogP contribution in [0, 0.1) is 0 Å². The van der Waals surface area contributed by atoms with Gasteiger partial charge < -0.3 is 15.8 Å². The van der Waals surface area contributed by atoms with Gasteiger partial charge in [-0.05, 0) is 24.6 Å². The summed E-state index contributed by atoms with van der Waals surface area (Å²) in [7, 11) is 1.58. The molecule has 0 heterocycles. The van der Waals surface area contributed by atoms with Gasteiger partial charge in [-0.2, -0.15) is 0 Å². The minimum atomic E-state index is -0.652. The number of primary amides is 1. The molecule has 5 nitrogen and oxygen atoms in total. The fourth-order valence-corrected chi connectivity index (χ4v) is 1.29. The lowest BCUT2D eigenvalue weighted by atomic mass is 10.1. The zero-order valence-electron chi connectivity index (χ0n) is 9.90. The number of hydrogen-bond donors (Lipinski definition) is 2. The van der Waals surface area contributed by atoms with Crippen LogP contribution in [0.25, 0.3) is 0 Å². The maximum absolute atomic E-state index is 11.5. The summed E-state index contributed by atoms with van der Waals surface area (Å²) in [4.78, 5) is 22.3. The number of carbonyl (C=O) groups is 2. The van der Waals surface area contributed by atoms with Crippen molar-refractivity contribution in [1.29, 1.82) is 0 Å². The van der Waals surface area contributed by atoms with E-state index < -0.39 is 11.9 Å². The van der Waals surface area contributed by atoms with E-state index in [1.807, 2.05) is 0 Å². The van der Waals surface area contributed by atoms with Crippen LogP contribution in [0.2, 0.25) is 0 Å². The molecule has 17 heavy (non-hydrogen) atoms. The topological polar surface area (TPSA) is 81.4 Å². The molecule has 0 saturated carbocycles. The molecule has 1 aromatic carbocycles. The van der Waals surface area contributed by atoms with Crippen molar-refractivity contribution >= 4 is 11.8 Å². The van der Waals surface area contributed by atoms with Gasteiger partial charge in [0, 0.05) is 0 Å². The van der Waals surface area contributed by atoms with Crippen LogP contribution in [-0.2, 0) is 16.0 Å². The summed E-state index contributed by atoms with van der Waals surface area (Å²) >= 11 is 0. The van der Waals surface area contributed by atoms with Gasteiger partial charge >= 0.3 is 0 Å². The van der Waals surface area contributed by atoms with Crippen LogP contribution in [-0.4, -0.2) is 25.0 Å². The average Bonchev–Trinajstić information content (AvgIpc) is 2.29. The number of rotatable bonds is 5. The highest BCUT2D eigenvalue weighted by Gasteiger charge is 2.12. The molecular weight excluding hydrogens is 220 g/mol. The quantitative estimate of drug-likeness (QED) is 0.767. The zero-order valence-corrected chi connectivity index (χ0v) is 9.90. The summed E-state index contributed by atoms with van der Waals surface area (Å²) in [6, 6.07) is 6.50. The van der Waals surface area contributed by atoms with Crippen LogP contribution in [0.1, 0.15) is 12.5 Å². The minimum Gasteiger partial charge on any atom is -0.497 e. The van der Waals surface area contributed by atoms with Crippen molar-refractivity contribution in [2.75, 3.05) is 7.11 Å². The van der Waals surface area contributed by atoms with Gasteiger partial charge in [-0.15, -0.1) is 0 Å². The number of hydrogen-bond acceptors (Lipinski definition) is 3. The molecule has 0 aliphatic rings. The molecule has 0 aromatic heterocycles. The Morgan fingerprint density at radius 3 is 2.41 bits per heavy atom. The zero-order chi connectivity index (χ0) is 12.8. The highest BCUT2D eigenvalue weighted by atomic mass is 16.5. The van der Waals surface area contributed by atoms with Crippen LogP contribution >= 0.6 is 0 Å².